The summed E-state index contributed by atoms with van der Waals surface area (Å²) in [5, 5.41) is 11.2. The zero-order valence-corrected chi connectivity index (χ0v) is 16.7. The molecule has 0 saturated carbocycles. The zero-order chi connectivity index (χ0) is 19.3. The van der Waals surface area contributed by atoms with E-state index >= 15 is 0 Å². The van der Waals surface area contributed by atoms with Gasteiger partial charge in [0.15, 0.2) is 6.29 Å². The van der Waals surface area contributed by atoms with Crippen LogP contribution in [0.25, 0.3) is 0 Å². The molecule has 1 amide bonds. The fraction of sp³-hybridized carbons (Fsp3) is 0.526. The number of carbonyl (C=O) groups is 1. The smallest absolute Gasteiger partial charge is 0.276 e. The van der Waals surface area contributed by atoms with Crippen molar-refractivity contribution in [2.45, 2.75) is 50.7 Å². The van der Waals surface area contributed by atoms with E-state index in [-0.39, 0.29) is 24.2 Å². The molecule has 0 unspecified atom stereocenters. The number of hydrogen-bond donors (Lipinski definition) is 1. The van der Waals surface area contributed by atoms with Crippen LogP contribution in [0.15, 0.2) is 33.9 Å². The second-order valence-electron chi connectivity index (χ2n) is 7.28. The third-order valence-electron chi connectivity index (χ3n) is 4.13. The molecule has 27 heavy (non-hydrogen) atoms. The van der Waals surface area contributed by atoms with Crippen molar-refractivity contribution >= 4 is 17.7 Å². The molecular weight excluding hydrogens is 366 g/mol. The van der Waals surface area contributed by atoms with Crippen LogP contribution in [0.5, 0.6) is 0 Å². The maximum atomic E-state index is 12.3. The minimum absolute atomic E-state index is 0.0584. The quantitative estimate of drug-likeness (QED) is 0.726. The number of hydrogen-bond acceptors (Lipinski definition) is 7. The third-order valence-corrected chi connectivity index (χ3v) is 4.98. The Morgan fingerprint density at radius 2 is 1.89 bits per heavy atom. The Kier molecular flexibility index (Phi) is 6.51. The van der Waals surface area contributed by atoms with Crippen molar-refractivity contribution in [2.75, 3.05) is 19.0 Å². The third kappa shape index (κ3) is 5.79. The van der Waals surface area contributed by atoms with Gasteiger partial charge in [0.05, 0.1) is 19.8 Å². The highest BCUT2D eigenvalue weighted by atomic mass is 32.2. The lowest BCUT2D eigenvalue weighted by Crippen LogP contribution is -2.23. The summed E-state index contributed by atoms with van der Waals surface area (Å²) in [7, 11) is 0. The fourth-order valence-electron chi connectivity index (χ4n) is 2.56. The first kappa shape index (κ1) is 19.9. The van der Waals surface area contributed by atoms with E-state index in [1.807, 2.05) is 24.3 Å². The maximum absolute atomic E-state index is 12.3. The molecule has 0 radical (unpaired) electrons. The Bertz CT molecular complexity index is 749. The van der Waals surface area contributed by atoms with Gasteiger partial charge in [-0.1, -0.05) is 44.7 Å². The highest BCUT2D eigenvalue weighted by Crippen LogP contribution is 2.22. The molecule has 2 aromatic rings. The largest absolute Gasteiger partial charge is 0.414 e. The Morgan fingerprint density at radius 1 is 1.19 bits per heavy atom. The van der Waals surface area contributed by atoms with Crippen LogP contribution in [0.4, 0.5) is 0 Å². The minimum Gasteiger partial charge on any atom is -0.414 e. The summed E-state index contributed by atoms with van der Waals surface area (Å²) in [5.74, 6) is 0.975. The average Bonchev–Trinajstić information content (AvgIpc) is 3.31. The molecule has 8 heteroatoms. The van der Waals surface area contributed by atoms with E-state index in [1.54, 1.807) is 0 Å². The Morgan fingerprint density at radius 3 is 2.56 bits per heavy atom. The van der Waals surface area contributed by atoms with Gasteiger partial charge in [-0.3, -0.25) is 4.79 Å². The monoisotopic (exact) mass is 391 g/mol. The lowest BCUT2D eigenvalue weighted by molar-refractivity contribution is -0.0421. The first-order valence-corrected chi connectivity index (χ1v) is 9.97. The molecule has 0 bridgehead atoms. The molecule has 1 saturated heterocycles. The summed E-state index contributed by atoms with van der Waals surface area (Å²) in [4.78, 5) is 12.3. The standard InChI is InChI=1S/C19H25N3O4S/c1-19(2,3)14-6-4-13(5-7-14)17(23)20-12-15-21-22-18(26-15)27-11-8-16-24-9-10-25-16/h4-7,16H,8-12H2,1-3H3,(H,20,23). The fourth-order valence-corrected chi connectivity index (χ4v) is 3.30. The van der Waals surface area contributed by atoms with Crippen molar-refractivity contribution in [1.29, 1.82) is 0 Å². The Labute approximate surface area is 163 Å². The van der Waals surface area contributed by atoms with E-state index in [4.69, 9.17) is 13.9 Å². The number of benzene rings is 1. The first-order valence-electron chi connectivity index (χ1n) is 8.99. The number of ether oxygens (including phenoxy) is 2. The van der Waals surface area contributed by atoms with E-state index in [0.717, 1.165) is 12.2 Å². The van der Waals surface area contributed by atoms with Crippen LogP contribution in [-0.4, -0.2) is 41.4 Å². The van der Waals surface area contributed by atoms with Gasteiger partial charge in [-0.05, 0) is 23.1 Å². The van der Waals surface area contributed by atoms with Crippen LogP contribution in [0.3, 0.4) is 0 Å². The number of aromatic nitrogens is 2. The molecule has 1 fully saturated rings. The second-order valence-corrected chi connectivity index (χ2v) is 8.33. The number of thioether (sulfide) groups is 1. The summed E-state index contributed by atoms with van der Waals surface area (Å²) >= 11 is 1.45. The molecule has 1 aliphatic rings. The van der Waals surface area contributed by atoms with Crippen molar-refractivity contribution in [3.8, 4) is 0 Å². The van der Waals surface area contributed by atoms with Gasteiger partial charge in [-0.25, -0.2) is 0 Å². The van der Waals surface area contributed by atoms with E-state index in [0.29, 0.717) is 29.9 Å². The number of carbonyl (C=O) groups excluding carboxylic acids is 1. The average molecular weight is 391 g/mol. The molecule has 7 nitrogen and oxygen atoms in total. The summed E-state index contributed by atoms with van der Waals surface area (Å²) in [6.45, 7) is 7.92. The van der Waals surface area contributed by atoms with E-state index in [2.05, 4.69) is 36.3 Å². The van der Waals surface area contributed by atoms with Crippen LogP contribution in [-0.2, 0) is 21.4 Å². The van der Waals surface area contributed by atoms with Crippen molar-refractivity contribution < 1.29 is 18.7 Å². The number of rotatable bonds is 7. The van der Waals surface area contributed by atoms with Crippen molar-refractivity contribution in [3.63, 3.8) is 0 Å². The van der Waals surface area contributed by atoms with Gasteiger partial charge in [-0.2, -0.15) is 0 Å². The second kappa shape index (κ2) is 8.86. The summed E-state index contributed by atoms with van der Waals surface area (Å²) in [6, 6.07) is 7.62. The number of amides is 1. The molecule has 146 valence electrons. The van der Waals surface area contributed by atoms with Gasteiger partial charge in [0, 0.05) is 17.7 Å². The summed E-state index contributed by atoms with van der Waals surface area (Å²) < 4.78 is 16.3. The molecule has 1 aromatic carbocycles. The molecule has 0 atom stereocenters. The van der Waals surface area contributed by atoms with Crippen molar-refractivity contribution in [2.24, 2.45) is 0 Å². The topological polar surface area (TPSA) is 86.5 Å². The molecule has 2 heterocycles. The molecule has 0 spiro atoms. The lowest BCUT2D eigenvalue weighted by atomic mass is 9.87. The van der Waals surface area contributed by atoms with E-state index < -0.39 is 0 Å². The van der Waals surface area contributed by atoms with Gasteiger partial charge in [-0.15, -0.1) is 10.2 Å². The lowest BCUT2D eigenvalue weighted by Gasteiger charge is -2.18. The predicted octanol–water partition coefficient (Wildman–Crippen LogP) is 3.15. The van der Waals surface area contributed by atoms with E-state index in [1.165, 1.54) is 17.3 Å². The van der Waals surface area contributed by atoms with Crippen molar-refractivity contribution in [3.05, 3.63) is 41.3 Å². The van der Waals surface area contributed by atoms with Gasteiger partial charge >= 0.3 is 0 Å². The SMILES string of the molecule is CC(C)(C)c1ccc(C(=O)NCc2nnc(SCCC3OCCO3)o2)cc1. The molecular formula is C19H25N3O4S. The summed E-state index contributed by atoms with van der Waals surface area (Å²) in [6.07, 6.45) is 0.632. The number of nitrogens with zero attached hydrogens (tertiary/aromatic N) is 2. The molecule has 1 aromatic heterocycles. The van der Waals surface area contributed by atoms with Crippen molar-refractivity contribution in [1.82, 2.24) is 15.5 Å². The van der Waals surface area contributed by atoms with E-state index in [9.17, 15) is 4.79 Å². The van der Waals surface area contributed by atoms with Gasteiger partial charge in [0.25, 0.3) is 11.1 Å². The highest BCUT2D eigenvalue weighted by Gasteiger charge is 2.17. The molecule has 0 aliphatic carbocycles. The molecule has 1 N–H and O–H groups in total. The normalized spacial score (nSPS) is 15.2. The number of nitrogens with one attached hydrogen (secondary N) is 1. The van der Waals surface area contributed by atoms with Gasteiger partial charge < -0.3 is 19.2 Å². The van der Waals surface area contributed by atoms with Crippen LogP contribution >= 0.6 is 11.8 Å². The van der Waals surface area contributed by atoms with Gasteiger partial charge in [0.1, 0.15) is 0 Å². The van der Waals surface area contributed by atoms with Crippen LogP contribution in [0.2, 0.25) is 0 Å². The highest BCUT2D eigenvalue weighted by molar-refractivity contribution is 7.99. The minimum atomic E-state index is -0.168. The van der Waals surface area contributed by atoms with Gasteiger partial charge in [0.2, 0.25) is 5.89 Å². The van der Waals surface area contributed by atoms with Crippen LogP contribution in [0.1, 0.15) is 49.0 Å². The molecule has 3 rings (SSSR count). The first-order chi connectivity index (χ1) is 12.9. The van der Waals surface area contributed by atoms with Crippen LogP contribution < -0.4 is 5.32 Å². The summed E-state index contributed by atoms with van der Waals surface area (Å²) in [5.41, 5.74) is 1.85. The Balaban J connectivity index is 1.44. The molecule has 1 aliphatic heterocycles. The Hall–Kier alpha value is -1.90. The maximum Gasteiger partial charge on any atom is 0.276 e. The zero-order valence-electron chi connectivity index (χ0n) is 15.9. The predicted molar refractivity (Wildman–Crippen MR) is 102 cm³/mol. The van der Waals surface area contributed by atoms with Crippen LogP contribution in [0, 0.1) is 0 Å².